The summed E-state index contributed by atoms with van der Waals surface area (Å²) >= 11 is 5.84. The van der Waals surface area contributed by atoms with E-state index in [0.717, 1.165) is 18.0 Å². The number of halogens is 1. The summed E-state index contributed by atoms with van der Waals surface area (Å²) in [6.45, 7) is 6.08. The van der Waals surface area contributed by atoms with Crippen molar-refractivity contribution in [1.82, 2.24) is 4.98 Å². The molecule has 1 atom stereocenters. The van der Waals surface area contributed by atoms with Gasteiger partial charge in [0.05, 0.1) is 6.10 Å². The van der Waals surface area contributed by atoms with E-state index in [2.05, 4.69) is 17.2 Å². The molecule has 1 N–H and O–H groups in total. The largest absolute Gasteiger partial charge is 0.487 e. The smallest absolute Gasteiger partial charge is 0.169 e. The van der Waals surface area contributed by atoms with E-state index in [-0.39, 0.29) is 12.1 Å². The van der Waals surface area contributed by atoms with Crippen molar-refractivity contribution in [3.05, 3.63) is 18.3 Å². The number of ether oxygens (including phenoxy) is 1. The molecule has 0 saturated carbocycles. The zero-order valence-corrected chi connectivity index (χ0v) is 10.8. The van der Waals surface area contributed by atoms with E-state index < -0.39 is 0 Å². The third kappa shape index (κ3) is 3.89. The fourth-order valence-corrected chi connectivity index (χ4v) is 1.59. The van der Waals surface area contributed by atoms with E-state index in [1.165, 1.54) is 0 Å². The SMILES string of the molecule is CCC(CCl)Nc1ncccc1OC(C)C. The quantitative estimate of drug-likeness (QED) is 0.778. The molecular weight excluding hydrogens is 224 g/mol. The number of aromatic nitrogens is 1. The van der Waals surface area contributed by atoms with Crippen LogP contribution in [0, 0.1) is 0 Å². The standard InChI is InChI=1S/C12H19ClN2O/c1-4-10(8-13)15-12-11(16-9(2)3)6-5-7-14-12/h5-7,9-10H,4,8H2,1-3H3,(H,14,15). The Hall–Kier alpha value is -0.960. The van der Waals surface area contributed by atoms with Gasteiger partial charge in [0, 0.05) is 18.1 Å². The van der Waals surface area contributed by atoms with Crippen LogP contribution in [0.15, 0.2) is 18.3 Å². The Labute approximate surface area is 102 Å². The van der Waals surface area contributed by atoms with Crippen LogP contribution in [-0.4, -0.2) is 23.0 Å². The van der Waals surface area contributed by atoms with Crippen LogP contribution >= 0.6 is 11.6 Å². The first kappa shape index (κ1) is 13.1. The lowest BCUT2D eigenvalue weighted by Crippen LogP contribution is -2.21. The topological polar surface area (TPSA) is 34.2 Å². The molecule has 1 rings (SSSR count). The predicted molar refractivity (Wildman–Crippen MR) is 68.4 cm³/mol. The summed E-state index contributed by atoms with van der Waals surface area (Å²) in [5, 5.41) is 3.28. The molecule has 90 valence electrons. The summed E-state index contributed by atoms with van der Waals surface area (Å²) in [6.07, 6.45) is 2.85. The molecule has 1 unspecified atom stereocenters. The molecule has 1 heterocycles. The fourth-order valence-electron chi connectivity index (χ4n) is 1.29. The van der Waals surface area contributed by atoms with Gasteiger partial charge < -0.3 is 10.1 Å². The highest BCUT2D eigenvalue weighted by Gasteiger charge is 2.10. The van der Waals surface area contributed by atoms with Crippen molar-refractivity contribution in [2.45, 2.75) is 39.3 Å². The van der Waals surface area contributed by atoms with Gasteiger partial charge >= 0.3 is 0 Å². The number of hydrogen-bond acceptors (Lipinski definition) is 3. The van der Waals surface area contributed by atoms with Crippen LogP contribution in [0.3, 0.4) is 0 Å². The summed E-state index contributed by atoms with van der Waals surface area (Å²) in [6, 6.07) is 4.01. The van der Waals surface area contributed by atoms with Gasteiger partial charge in [-0.3, -0.25) is 0 Å². The predicted octanol–water partition coefficient (Wildman–Crippen LogP) is 3.30. The molecule has 1 aromatic heterocycles. The molecule has 0 fully saturated rings. The molecule has 4 heteroatoms. The summed E-state index contributed by atoms with van der Waals surface area (Å²) in [5.41, 5.74) is 0. The van der Waals surface area contributed by atoms with Gasteiger partial charge in [-0.15, -0.1) is 11.6 Å². The van der Waals surface area contributed by atoms with Crippen molar-refractivity contribution in [2.24, 2.45) is 0 Å². The third-order valence-electron chi connectivity index (χ3n) is 2.15. The number of rotatable bonds is 6. The second-order valence-corrected chi connectivity index (χ2v) is 4.23. The van der Waals surface area contributed by atoms with Gasteiger partial charge in [-0.1, -0.05) is 6.92 Å². The van der Waals surface area contributed by atoms with Crippen LogP contribution in [0.25, 0.3) is 0 Å². The average Bonchev–Trinajstić information content (AvgIpc) is 2.27. The van der Waals surface area contributed by atoms with Gasteiger partial charge in [0.25, 0.3) is 0 Å². The van der Waals surface area contributed by atoms with Gasteiger partial charge in [0.15, 0.2) is 11.6 Å². The van der Waals surface area contributed by atoms with Crippen LogP contribution in [0.4, 0.5) is 5.82 Å². The first-order valence-electron chi connectivity index (χ1n) is 5.61. The molecule has 0 aromatic carbocycles. The molecule has 1 aromatic rings. The van der Waals surface area contributed by atoms with Crippen molar-refractivity contribution in [2.75, 3.05) is 11.2 Å². The van der Waals surface area contributed by atoms with E-state index in [1.807, 2.05) is 26.0 Å². The van der Waals surface area contributed by atoms with E-state index >= 15 is 0 Å². The zero-order chi connectivity index (χ0) is 12.0. The molecule has 0 aliphatic heterocycles. The van der Waals surface area contributed by atoms with Crippen LogP contribution < -0.4 is 10.1 Å². The maximum atomic E-state index is 5.84. The minimum absolute atomic E-state index is 0.140. The number of alkyl halides is 1. The lowest BCUT2D eigenvalue weighted by atomic mass is 10.2. The molecule has 0 aliphatic carbocycles. The molecule has 0 amide bonds. The molecular formula is C12H19ClN2O. The Morgan fingerprint density at radius 3 is 2.81 bits per heavy atom. The zero-order valence-electron chi connectivity index (χ0n) is 10.0. The second kappa shape index (κ2) is 6.59. The van der Waals surface area contributed by atoms with Gasteiger partial charge in [-0.05, 0) is 32.4 Å². The Morgan fingerprint density at radius 2 is 2.25 bits per heavy atom. The lowest BCUT2D eigenvalue weighted by Gasteiger charge is -2.18. The monoisotopic (exact) mass is 242 g/mol. The minimum Gasteiger partial charge on any atom is -0.487 e. The molecule has 3 nitrogen and oxygen atoms in total. The third-order valence-corrected chi connectivity index (χ3v) is 2.53. The number of hydrogen-bond donors (Lipinski definition) is 1. The number of nitrogens with one attached hydrogen (secondary N) is 1. The van der Waals surface area contributed by atoms with Gasteiger partial charge in [-0.2, -0.15) is 0 Å². The Kier molecular flexibility index (Phi) is 5.39. The van der Waals surface area contributed by atoms with Gasteiger partial charge in [0.1, 0.15) is 0 Å². The number of pyridine rings is 1. The summed E-state index contributed by atoms with van der Waals surface area (Å²) in [5.74, 6) is 2.11. The first-order chi connectivity index (χ1) is 7.67. The van der Waals surface area contributed by atoms with Crippen LogP contribution in [-0.2, 0) is 0 Å². The van der Waals surface area contributed by atoms with Gasteiger partial charge in [-0.25, -0.2) is 4.98 Å². The van der Waals surface area contributed by atoms with Crippen LogP contribution in [0.1, 0.15) is 27.2 Å². The molecule has 0 spiro atoms. The maximum absolute atomic E-state index is 5.84. The number of anilines is 1. The highest BCUT2D eigenvalue weighted by Crippen LogP contribution is 2.23. The van der Waals surface area contributed by atoms with Crippen molar-refractivity contribution in [3.8, 4) is 5.75 Å². The first-order valence-corrected chi connectivity index (χ1v) is 6.15. The van der Waals surface area contributed by atoms with Crippen molar-refractivity contribution in [1.29, 1.82) is 0 Å². The normalized spacial score (nSPS) is 12.6. The molecule has 0 aliphatic rings. The number of nitrogens with zero attached hydrogens (tertiary/aromatic N) is 1. The molecule has 0 radical (unpaired) electrons. The highest BCUT2D eigenvalue weighted by atomic mass is 35.5. The highest BCUT2D eigenvalue weighted by molar-refractivity contribution is 6.18. The Morgan fingerprint density at radius 1 is 1.50 bits per heavy atom. The Bertz CT molecular complexity index is 314. The van der Waals surface area contributed by atoms with Crippen molar-refractivity contribution >= 4 is 17.4 Å². The molecule has 0 bridgehead atoms. The van der Waals surface area contributed by atoms with E-state index in [0.29, 0.717) is 5.88 Å². The summed E-state index contributed by atoms with van der Waals surface area (Å²) in [4.78, 5) is 4.27. The van der Waals surface area contributed by atoms with Crippen LogP contribution in [0.2, 0.25) is 0 Å². The van der Waals surface area contributed by atoms with E-state index in [4.69, 9.17) is 16.3 Å². The second-order valence-electron chi connectivity index (χ2n) is 3.92. The molecule has 0 saturated heterocycles. The van der Waals surface area contributed by atoms with Gasteiger partial charge in [0.2, 0.25) is 0 Å². The van der Waals surface area contributed by atoms with Crippen molar-refractivity contribution in [3.63, 3.8) is 0 Å². The van der Waals surface area contributed by atoms with Crippen LogP contribution in [0.5, 0.6) is 5.75 Å². The van der Waals surface area contributed by atoms with E-state index in [1.54, 1.807) is 6.20 Å². The minimum atomic E-state index is 0.140. The molecule has 16 heavy (non-hydrogen) atoms. The maximum Gasteiger partial charge on any atom is 0.169 e. The van der Waals surface area contributed by atoms with Crippen molar-refractivity contribution < 1.29 is 4.74 Å². The fraction of sp³-hybridized carbons (Fsp3) is 0.583. The summed E-state index contributed by atoms with van der Waals surface area (Å²) < 4.78 is 5.67. The average molecular weight is 243 g/mol. The lowest BCUT2D eigenvalue weighted by molar-refractivity contribution is 0.242. The van der Waals surface area contributed by atoms with E-state index in [9.17, 15) is 0 Å². The Balaban J connectivity index is 2.77. The summed E-state index contributed by atoms with van der Waals surface area (Å²) in [7, 11) is 0.